The molecule has 0 saturated carbocycles. The first-order valence-corrected chi connectivity index (χ1v) is 6.39. The molecule has 6 heteroatoms. The van der Waals surface area contributed by atoms with Crippen molar-refractivity contribution >= 4 is 17.8 Å². The molecule has 0 aliphatic carbocycles. The summed E-state index contributed by atoms with van der Waals surface area (Å²) in [7, 11) is 1.28. The van der Waals surface area contributed by atoms with Crippen LogP contribution < -0.4 is 5.32 Å². The Kier molecular flexibility index (Phi) is 5.46. The van der Waals surface area contributed by atoms with Crippen molar-refractivity contribution in [2.75, 3.05) is 13.7 Å². The van der Waals surface area contributed by atoms with E-state index in [0.29, 0.717) is 5.56 Å². The summed E-state index contributed by atoms with van der Waals surface area (Å²) >= 11 is 0. The van der Waals surface area contributed by atoms with Crippen molar-refractivity contribution < 1.29 is 23.9 Å². The van der Waals surface area contributed by atoms with Crippen molar-refractivity contribution in [1.82, 2.24) is 5.32 Å². The van der Waals surface area contributed by atoms with Crippen LogP contribution in [0.4, 0.5) is 0 Å². The van der Waals surface area contributed by atoms with Crippen LogP contribution in [-0.4, -0.2) is 37.1 Å². The van der Waals surface area contributed by atoms with Crippen LogP contribution in [0.15, 0.2) is 24.3 Å². The van der Waals surface area contributed by atoms with Crippen molar-refractivity contribution in [3.8, 4) is 0 Å². The summed E-state index contributed by atoms with van der Waals surface area (Å²) in [6, 6.07) is 5.79. The zero-order chi connectivity index (χ0) is 16.0. The van der Waals surface area contributed by atoms with Crippen molar-refractivity contribution in [2.45, 2.75) is 26.3 Å². The van der Waals surface area contributed by atoms with E-state index in [9.17, 15) is 14.4 Å². The second-order valence-electron chi connectivity index (χ2n) is 5.44. The van der Waals surface area contributed by atoms with Gasteiger partial charge in [0.05, 0.1) is 18.2 Å². The van der Waals surface area contributed by atoms with Crippen LogP contribution in [0.3, 0.4) is 0 Å². The normalized spacial score (nSPS) is 10.7. The summed E-state index contributed by atoms with van der Waals surface area (Å²) in [5.74, 6) is -1.49. The molecule has 114 valence electrons. The number of esters is 2. The third-order valence-electron chi connectivity index (χ3n) is 2.39. The van der Waals surface area contributed by atoms with Gasteiger partial charge in [-0.2, -0.15) is 0 Å². The average Bonchev–Trinajstić information content (AvgIpc) is 2.42. The van der Waals surface area contributed by atoms with Crippen LogP contribution in [0.25, 0.3) is 0 Å². The molecule has 1 rings (SSSR count). The molecular formula is C15H19NO5. The lowest BCUT2D eigenvalue weighted by atomic mass is 10.1. The number of amides is 1. The Balaban J connectivity index is 2.56. The maximum Gasteiger partial charge on any atom is 0.338 e. The minimum atomic E-state index is -0.629. The summed E-state index contributed by atoms with van der Waals surface area (Å²) in [6.45, 7) is 5.14. The van der Waals surface area contributed by atoms with Gasteiger partial charge < -0.3 is 14.8 Å². The molecule has 0 spiro atoms. The lowest BCUT2D eigenvalue weighted by Crippen LogP contribution is -2.42. The first kappa shape index (κ1) is 16.7. The molecule has 0 radical (unpaired) electrons. The highest BCUT2D eigenvalue weighted by molar-refractivity contribution is 5.94. The molecule has 0 aliphatic rings. The molecule has 0 bridgehead atoms. The van der Waals surface area contributed by atoms with Crippen molar-refractivity contribution in [3.05, 3.63) is 35.4 Å². The molecular weight excluding hydrogens is 274 g/mol. The Hall–Kier alpha value is -2.37. The highest BCUT2D eigenvalue weighted by Gasteiger charge is 2.16. The van der Waals surface area contributed by atoms with E-state index in [-0.39, 0.29) is 23.6 Å². The molecule has 0 heterocycles. The highest BCUT2D eigenvalue weighted by atomic mass is 16.5. The van der Waals surface area contributed by atoms with Gasteiger partial charge in [-0.15, -0.1) is 0 Å². The van der Waals surface area contributed by atoms with Gasteiger partial charge in [0.1, 0.15) is 0 Å². The Morgan fingerprint density at radius 1 is 1.00 bits per heavy atom. The first-order chi connectivity index (χ1) is 9.73. The van der Waals surface area contributed by atoms with Gasteiger partial charge in [-0.1, -0.05) is 0 Å². The predicted octanol–water partition coefficient (Wildman–Crippen LogP) is 1.54. The highest BCUT2D eigenvalue weighted by Crippen LogP contribution is 2.07. The summed E-state index contributed by atoms with van der Waals surface area (Å²) in [5, 5.41) is 2.68. The smallest absolute Gasteiger partial charge is 0.338 e. The van der Waals surface area contributed by atoms with Gasteiger partial charge in [0.15, 0.2) is 6.61 Å². The van der Waals surface area contributed by atoms with Crippen molar-refractivity contribution in [3.63, 3.8) is 0 Å². The Bertz CT molecular complexity index is 528. The standard InChI is InChI=1S/C15H19NO5/c1-15(2,3)16-12(17)9-21-14(19)11-7-5-10(6-8-11)13(18)20-4/h5-8H,9H2,1-4H3,(H,16,17). The van der Waals surface area contributed by atoms with E-state index in [1.54, 1.807) is 0 Å². The fourth-order valence-electron chi connectivity index (χ4n) is 1.53. The number of carbonyl (C=O) groups excluding carboxylic acids is 3. The van der Waals surface area contributed by atoms with Crippen LogP contribution in [0.5, 0.6) is 0 Å². The van der Waals surface area contributed by atoms with Crippen molar-refractivity contribution in [2.24, 2.45) is 0 Å². The number of methoxy groups -OCH3 is 1. The lowest BCUT2D eigenvalue weighted by Gasteiger charge is -2.20. The van der Waals surface area contributed by atoms with Crippen LogP contribution in [-0.2, 0) is 14.3 Å². The molecule has 0 aliphatic heterocycles. The zero-order valence-electron chi connectivity index (χ0n) is 12.6. The SMILES string of the molecule is COC(=O)c1ccc(C(=O)OCC(=O)NC(C)(C)C)cc1. The Morgan fingerprint density at radius 2 is 1.48 bits per heavy atom. The van der Waals surface area contributed by atoms with Crippen LogP contribution in [0.1, 0.15) is 41.5 Å². The van der Waals surface area contributed by atoms with E-state index in [1.807, 2.05) is 20.8 Å². The third kappa shape index (κ3) is 5.64. The van der Waals surface area contributed by atoms with Crippen LogP contribution in [0, 0.1) is 0 Å². The molecule has 6 nitrogen and oxygen atoms in total. The monoisotopic (exact) mass is 293 g/mol. The van der Waals surface area contributed by atoms with Gasteiger partial charge in [0.25, 0.3) is 5.91 Å². The van der Waals surface area contributed by atoms with E-state index in [0.717, 1.165) is 0 Å². The minimum Gasteiger partial charge on any atom is -0.465 e. The largest absolute Gasteiger partial charge is 0.465 e. The molecule has 1 aromatic carbocycles. The van der Waals surface area contributed by atoms with E-state index in [1.165, 1.54) is 31.4 Å². The van der Waals surface area contributed by atoms with Crippen molar-refractivity contribution in [1.29, 1.82) is 0 Å². The molecule has 21 heavy (non-hydrogen) atoms. The number of benzene rings is 1. The third-order valence-corrected chi connectivity index (χ3v) is 2.39. The number of carbonyl (C=O) groups is 3. The summed E-state index contributed by atoms with van der Waals surface area (Å²) in [6.07, 6.45) is 0. The summed E-state index contributed by atoms with van der Waals surface area (Å²) < 4.78 is 9.45. The maximum absolute atomic E-state index is 11.7. The van der Waals surface area contributed by atoms with Gasteiger partial charge >= 0.3 is 11.9 Å². The second kappa shape index (κ2) is 6.88. The van der Waals surface area contributed by atoms with Gasteiger partial charge in [-0.05, 0) is 45.0 Å². The van der Waals surface area contributed by atoms with E-state index >= 15 is 0 Å². The Morgan fingerprint density at radius 3 is 1.90 bits per heavy atom. The number of rotatable bonds is 4. The quantitative estimate of drug-likeness (QED) is 0.852. The minimum absolute atomic E-state index is 0.256. The fourth-order valence-corrected chi connectivity index (χ4v) is 1.53. The molecule has 1 aromatic rings. The number of nitrogens with one attached hydrogen (secondary N) is 1. The van der Waals surface area contributed by atoms with Gasteiger partial charge in [0, 0.05) is 5.54 Å². The Labute approximate surface area is 123 Å². The number of hydrogen-bond acceptors (Lipinski definition) is 5. The summed E-state index contributed by atoms with van der Waals surface area (Å²) in [5.41, 5.74) is 0.205. The average molecular weight is 293 g/mol. The molecule has 1 amide bonds. The first-order valence-electron chi connectivity index (χ1n) is 6.39. The lowest BCUT2D eigenvalue weighted by molar-refractivity contribution is -0.125. The molecule has 0 fully saturated rings. The number of ether oxygens (including phenoxy) is 2. The fraction of sp³-hybridized carbons (Fsp3) is 0.400. The van der Waals surface area contributed by atoms with Gasteiger partial charge in [0.2, 0.25) is 0 Å². The van der Waals surface area contributed by atoms with E-state index in [4.69, 9.17) is 4.74 Å². The molecule has 0 atom stereocenters. The zero-order valence-corrected chi connectivity index (χ0v) is 12.6. The topological polar surface area (TPSA) is 81.7 Å². The van der Waals surface area contributed by atoms with Crippen LogP contribution in [0.2, 0.25) is 0 Å². The molecule has 1 N–H and O–H groups in total. The second-order valence-corrected chi connectivity index (χ2v) is 5.44. The van der Waals surface area contributed by atoms with Gasteiger partial charge in [-0.3, -0.25) is 4.79 Å². The number of hydrogen-bond donors (Lipinski definition) is 1. The predicted molar refractivity (Wildman–Crippen MR) is 76.0 cm³/mol. The maximum atomic E-state index is 11.7. The van der Waals surface area contributed by atoms with Gasteiger partial charge in [-0.25, -0.2) is 9.59 Å². The molecule has 0 aromatic heterocycles. The van der Waals surface area contributed by atoms with Crippen LogP contribution >= 0.6 is 0 Å². The molecule has 0 saturated heterocycles. The van der Waals surface area contributed by atoms with E-state index < -0.39 is 11.9 Å². The molecule has 0 unspecified atom stereocenters. The van der Waals surface area contributed by atoms with E-state index in [2.05, 4.69) is 10.1 Å². The summed E-state index contributed by atoms with van der Waals surface area (Å²) in [4.78, 5) is 34.5.